The van der Waals surface area contributed by atoms with Crippen LogP contribution in [0.2, 0.25) is 0 Å². The van der Waals surface area contributed by atoms with Crippen molar-refractivity contribution < 1.29 is 14.3 Å². The first-order chi connectivity index (χ1) is 14.9. The Morgan fingerprint density at radius 3 is 2.65 bits per heavy atom. The fraction of sp³-hybridized carbons (Fsp3) is 0.391. The predicted molar refractivity (Wildman–Crippen MR) is 116 cm³/mol. The molecule has 0 saturated carbocycles. The number of carbonyl (C=O) groups is 1. The maximum Gasteiger partial charge on any atom is 0.317 e. The van der Waals surface area contributed by atoms with Crippen LogP contribution in [0.25, 0.3) is 11.3 Å². The van der Waals surface area contributed by atoms with Gasteiger partial charge in [0.15, 0.2) is 0 Å². The maximum atomic E-state index is 13.2. The van der Waals surface area contributed by atoms with E-state index in [2.05, 4.69) is 15.1 Å². The molecule has 0 bridgehead atoms. The molecule has 1 atom stereocenters. The number of methoxy groups -OCH3 is 1. The number of piperidine rings is 1. The van der Waals surface area contributed by atoms with E-state index in [0.29, 0.717) is 24.8 Å². The van der Waals surface area contributed by atoms with E-state index in [1.54, 1.807) is 18.8 Å². The van der Waals surface area contributed by atoms with E-state index in [4.69, 9.17) is 9.47 Å². The SMILES string of the molecule is COc1cccc(-c2cc(C(=O)N3CCC[C@H](Oc4nc(C)cc(C)n4)C3)n(C)n2)c1. The van der Waals surface area contributed by atoms with Crippen molar-refractivity contribution in [2.24, 2.45) is 7.05 Å². The van der Waals surface area contributed by atoms with Crippen LogP contribution in [0.4, 0.5) is 0 Å². The zero-order valence-electron chi connectivity index (χ0n) is 18.3. The van der Waals surface area contributed by atoms with Crippen molar-refractivity contribution in [3.8, 4) is 23.0 Å². The summed E-state index contributed by atoms with van der Waals surface area (Å²) in [6.07, 6.45) is 1.59. The highest BCUT2D eigenvalue weighted by molar-refractivity contribution is 5.93. The molecule has 1 amide bonds. The van der Waals surface area contributed by atoms with Crippen LogP contribution in [0, 0.1) is 13.8 Å². The normalized spacial score (nSPS) is 16.3. The van der Waals surface area contributed by atoms with Gasteiger partial charge in [-0.25, -0.2) is 9.97 Å². The monoisotopic (exact) mass is 421 g/mol. The van der Waals surface area contributed by atoms with Crippen LogP contribution < -0.4 is 9.47 Å². The average Bonchev–Trinajstić information content (AvgIpc) is 3.14. The molecule has 1 fully saturated rings. The lowest BCUT2D eigenvalue weighted by atomic mass is 10.1. The summed E-state index contributed by atoms with van der Waals surface area (Å²) in [5.41, 5.74) is 3.91. The Bertz CT molecular complexity index is 1070. The second-order valence-electron chi connectivity index (χ2n) is 7.84. The molecule has 8 heteroatoms. The van der Waals surface area contributed by atoms with Crippen molar-refractivity contribution in [2.45, 2.75) is 32.8 Å². The first-order valence-electron chi connectivity index (χ1n) is 10.4. The number of carbonyl (C=O) groups excluding carboxylic acids is 1. The van der Waals surface area contributed by atoms with Gasteiger partial charge in [-0.15, -0.1) is 0 Å². The second-order valence-corrected chi connectivity index (χ2v) is 7.84. The molecule has 8 nitrogen and oxygen atoms in total. The quantitative estimate of drug-likeness (QED) is 0.629. The fourth-order valence-corrected chi connectivity index (χ4v) is 3.87. The van der Waals surface area contributed by atoms with Crippen LogP contribution >= 0.6 is 0 Å². The molecule has 3 aromatic rings. The maximum absolute atomic E-state index is 13.2. The zero-order chi connectivity index (χ0) is 22.0. The molecule has 1 aromatic carbocycles. The Balaban J connectivity index is 1.49. The van der Waals surface area contributed by atoms with E-state index in [1.165, 1.54) is 0 Å². The summed E-state index contributed by atoms with van der Waals surface area (Å²) in [6, 6.07) is 11.8. The van der Waals surface area contributed by atoms with Crippen LogP contribution in [0.15, 0.2) is 36.4 Å². The molecule has 2 aromatic heterocycles. The summed E-state index contributed by atoms with van der Waals surface area (Å²) in [6.45, 7) is 5.02. The minimum atomic E-state index is -0.134. The van der Waals surface area contributed by atoms with E-state index < -0.39 is 0 Å². The molecule has 0 N–H and O–H groups in total. The Morgan fingerprint density at radius 1 is 1.13 bits per heavy atom. The number of aryl methyl sites for hydroxylation is 3. The molecular formula is C23H27N5O3. The molecule has 162 valence electrons. The molecule has 1 saturated heterocycles. The van der Waals surface area contributed by atoms with Crippen molar-refractivity contribution in [2.75, 3.05) is 20.2 Å². The molecule has 0 aliphatic carbocycles. The first kappa shape index (κ1) is 20.8. The van der Waals surface area contributed by atoms with E-state index in [-0.39, 0.29) is 12.0 Å². The van der Waals surface area contributed by atoms with Crippen LogP contribution in [0.3, 0.4) is 0 Å². The number of amides is 1. The van der Waals surface area contributed by atoms with E-state index >= 15 is 0 Å². The number of benzene rings is 1. The van der Waals surface area contributed by atoms with Gasteiger partial charge in [0.25, 0.3) is 5.91 Å². The van der Waals surface area contributed by atoms with Gasteiger partial charge >= 0.3 is 6.01 Å². The zero-order valence-corrected chi connectivity index (χ0v) is 18.3. The topological polar surface area (TPSA) is 82.4 Å². The third-order valence-electron chi connectivity index (χ3n) is 5.36. The number of ether oxygens (including phenoxy) is 2. The van der Waals surface area contributed by atoms with E-state index in [0.717, 1.165) is 41.2 Å². The van der Waals surface area contributed by atoms with Crippen molar-refractivity contribution in [3.63, 3.8) is 0 Å². The smallest absolute Gasteiger partial charge is 0.317 e. The summed E-state index contributed by atoms with van der Waals surface area (Å²) in [4.78, 5) is 23.8. The largest absolute Gasteiger partial charge is 0.497 e. The number of aromatic nitrogens is 4. The van der Waals surface area contributed by atoms with Crippen molar-refractivity contribution >= 4 is 5.91 Å². The summed E-state index contributed by atoms with van der Waals surface area (Å²) in [5.74, 6) is 0.694. The lowest BCUT2D eigenvalue weighted by Crippen LogP contribution is -2.45. The predicted octanol–water partition coefficient (Wildman–Crippen LogP) is 3.19. The molecule has 4 rings (SSSR count). The Kier molecular flexibility index (Phi) is 5.88. The average molecular weight is 422 g/mol. The van der Waals surface area contributed by atoms with Gasteiger partial charge in [-0.2, -0.15) is 5.10 Å². The van der Waals surface area contributed by atoms with Gasteiger partial charge in [0, 0.05) is 30.5 Å². The van der Waals surface area contributed by atoms with Crippen LogP contribution in [0.5, 0.6) is 11.8 Å². The minimum absolute atomic E-state index is 0.0567. The number of hydrogen-bond acceptors (Lipinski definition) is 6. The number of rotatable bonds is 5. The Morgan fingerprint density at radius 2 is 1.90 bits per heavy atom. The third kappa shape index (κ3) is 4.68. The molecule has 0 unspecified atom stereocenters. The van der Waals surface area contributed by atoms with Crippen LogP contribution in [-0.4, -0.2) is 56.9 Å². The third-order valence-corrected chi connectivity index (χ3v) is 5.36. The standard InChI is InChI=1S/C23H27N5O3/c1-15-11-16(2)25-23(24-15)31-19-9-6-10-28(14-19)22(29)21-13-20(26-27(21)3)17-7-5-8-18(12-17)30-4/h5,7-8,11-13,19H,6,9-10,14H2,1-4H3/t19-/m0/s1. The summed E-state index contributed by atoms with van der Waals surface area (Å²) >= 11 is 0. The summed E-state index contributed by atoms with van der Waals surface area (Å²) in [5, 5.41) is 4.54. The highest BCUT2D eigenvalue weighted by Crippen LogP contribution is 2.25. The van der Waals surface area contributed by atoms with Gasteiger partial charge in [-0.1, -0.05) is 12.1 Å². The fourth-order valence-electron chi connectivity index (χ4n) is 3.87. The molecule has 1 aliphatic heterocycles. The van der Waals surface area contributed by atoms with Gasteiger partial charge in [-0.3, -0.25) is 9.48 Å². The van der Waals surface area contributed by atoms with Gasteiger partial charge in [0.2, 0.25) is 0 Å². The molecule has 0 radical (unpaired) electrons. The van der Waals surface area contributed by atoms with Gasteiger partial charge in [-0.05, 0) is 51.0 Å². The Labute approximate surface area is 181 Å². The number of nitrogens with zero attached hydrogens (tertiary/aromatic N) is 5. The van der Waals surface area contributed by atoms with Crippen LogP contribution in [0.1, 0.15) is 34.7 Å². The summed E-state index contributed by atoms with van der Waals surface area (Å²) in [7, 11) is 3.42. The van der Waals surface area contributed by atoms with E-state index in [9.17, 15) is 4.79 Å². The highest BCUT2D eigenvalue weighted by atomic mass is 16.5. The lowest BCUT2D eigenvalue weighted by Gasteiger charge is -2.32. The second kappa shape index (κ2) is 8.75. The van der Waals surface area contributed by atoms with Crippen LogP contribution in [-0.2, 0) is 7.05 Å². The van der Waals surface area contributed by atoms with E-state index in [1.807, 2.05) is 55.1 Å². The minimum Gasteiger partial charge on any atom is -0.497 e. The van der Waals surface area contributed by atoms with Gasteiger partial charge < -0.3 is 14.4 Å². The Hall–Kier alpha value is -3.42. The molecule has 0 spiro atoms. The molecule has 31 heavy (non-hydrogen) atoms. The van der Waals surface area contributed by atoms with Crippen molar-refractivity contribution in [3.05, 3.63) is 53.5 Å². The highest BCUT2D eigenvalue weighted by Gasteiger charge is 2.28. The summed E-state index contributed by atoms with van der Waals surface area (Å²) < 4.78 is 12.9. The van der Waals surface area contributed by atoms with Crippen molar-refractivity contribution in [1.82, 2.24) is 24.6 Å². The molecule has 1 aliphatic rings. The molecular weight excluding hydrogens is 394 g/mol. The van der Waals surface area contributed by atoms with Crippen molar-refractivity contribution in [1.29, 1.82) is 0 Å². The number of likely N-dealkylation sites (tertiary alicyclic amines) is 1. The van der Waals surface area contributed by atoms with Gasteiger partial charge in [0.1, 0.15) is 17.5 Å². The lowest BCUT2D eigenvalue weighted by molar-refractivity contribution is 0.0505. The molecule has 3 heterocycles. The van der Waals surface area contributed by atoms with Gasteiger partial charge in [0.05, 0.1) is 19.3 Å². The first-order valence-corrected chi connectivity index (χ1v) is 10.4. The number of hydrogen-bond donors (Lipinski definition) is 0.